The molecule has 0 N–H and O–H groups in total. The van der Waals surface area contributed by atoms with Crippen molar-refractivity contribution in [2.45, 2.75) is 19.5 Å². The smallest absolute Gasteiger partial charge is 0.373 e. The van der Waals surface area contributed by atoms with Crippen molar-refractivity contribution < 1.29 is 13.9 Å². The van der Waals surface area contributed by atoms with Gasteiger partial charge in [0.15, 0.2) is 0 Å². The lowest BCUT2D eigenvalue weighted by Gasteiger charge is -2.21. The summed E-state index contributed by atoms with van der Waals surface area (Å²) in [6, 6.07) is 11.8. The highest BCUT2D eigenvalue weighted by molar-refractivity contribution is 5.86. The summed E-state index contributed by atoms with van der Waals surface area (Å²) in [5.74, 6) is 1.72. The van der Waals surface area contributed by atoms with Gasteiger partial charge in [0.1, 0.15) is 11.6 Å². The Morgan fingerprint density at radius 1 is 1.07 bits per heavy atom. The van der Waals surface area contributed by atoms with Crippen LogP contribution in [0.3, 0.4) is 0 Å². The molecule has 28 heavy (non-hydrogen) atoms. The predicted octanol–water partition coefficient (Wildman–Crippen LogP) is 2.66. The van der Waals surface area contributed by atoms with Crippen molar-refractivity contribution in [2.24, 2.45) is 7.05 Å². The van der Waals surface area contributed by atoms with Crippen LogP contribution in [0.15, 0.2) is 40.8 Å². The number of fused-ring (bicyclic) bond motifs is 1. The first kappa shape index (κ1) is 18.7. The number of carbonyl (C=O) groups is 1. The summed E-state index contributed by atoms with van der Waals surface area (Å²) >= 11 is 0. The van der Waals surface area contributed by atoms with E-state index in [4.69, 9.17) is 14.1 Å². The van der Waals surface area contributed by atoms with Gasteiger partial charge in [-0.2, -0.15) is 0 Å². The summed E-state index contributed by atoms with van der Waals surface area (Å²) in [7, 11) is 3.45. The quantitative estimate of drug-likeness (QED) is 0.632. The van der Waals surface area contributed by atoms with Crippen molar-refractivity contribution in [1.82, 2.24) is 19.4 Å². The maximum atomic E-state index is 11.5. The standard InChI is InChI=1S/C21H26N4O3/c1-23-18-7-4-3-6-17(18)22-20(23)15-25-11-5-10-24(12-13-25)14-16-8-9-19(28-16)21(26)27-2/h3-4,6-9H,5,10-15H2,1-2H3. The van der Waals surface area contributed by atoms with Gasteiger partial charge in [0.05, 0.1) is 31.2 Å². The molecule has 0 spiro atoms. The molecule has 0 atom stereocenters. The molecular weight excluding hydrogens is 356 g/mol. The van der Waals surface area contributed by atoms with E-state index in [2.05, 4.69) is 39.6 Å². The average Bonchev–Trinajstić information content (AvgIpc) is 3.22. The molecular formula is C21H26N4O3. The van der Waals surface area contributed by atoms with E-state index in [9.17, 15) is 4.79 Å². The van der Waals surface area contributed by atoms with Crippen molar-refractivity contribution in [1.29, 1.82) is 0 Å². The van der Waals surface area contributed by atoms with E-state index < -0.39 is 5.97 Å². The Morgan fingerprint density at radius 2 is 1.82 bits per heavy atom. The van der Waals surface area contributed by atoms with Crippen molar-refractivity contribution in [3.8, 4) is 0 Å². The monoisotopic (exact) mass is 382 g/mol. The zero-order chi connectivity index (χ0) is 19.5. The minimum Gasteiger partial charge on any atom is -0.463 e. The number of nitrogens with zero attached hydrogens (tertiary/aromatic N) is 4. The van der Waals surface area contributed by atoms with Crippen LogP contribution in [0.1, 0.15) is 28.6 Å². The van der Waals surface area contributed by atoms with Crippen LogP contribution >= 0.6 is 0 Å². The summed E-state index contributed by atoms with van der Waals surface area (Å²) in [6.45, 7) is 5.55. The van der Waals surface area contributed by atoms with Crippen LogP contribution in [0.2, 0.25) is 0 Å². The number of para-hydroxylation sites is 2. The number of benzene rings is 1. The van der Waals surface area contributed by atoms with Gasteiger partial charge in [-0.05, 0) is 43.8 Å². The van der Waals surface area contributed by atoms with Crippen LogP contribution in [-0.2, 0) is 24.9 Å². The van der Waals surface area contributed by atoms with Crippen molar-refractivity contribution in [3.63, 3.8) is 0 Å². The van der Waals surface area contributed by atoms with Crippen molar-refractivity contribution in [3.05, 3.63) is 53.7 Å². The summed E-state index contributed by atoms with van der Waals surface area (Å²) < 4.78 is 12.5. The summed E-state index contributed by atoms with van der Waals surface area (Å²) in [4.78, 5) is 21.2. The number of furan rings is 1. The second-order valence-electron chi connectivity index (χ2n) is 7.24. The predicted molar refractivity (Wildman–Crippen MR) is 106 cm³/mol. The maximum Gasteiger partial charge on any atom is 0.373 e. The van der Waals surface area contributed by atoms with E-state index in [1.165, 1.54) is 12.6 Å². The second-order valence-corrected chi connectivity index (χ2v) is 7.24. The fraction of sp³-hybridized carbons (Fsp3) is 0.429. The number of aromatic nitrogens is 2. The highest BCUT2D eigenvalue weighted by atomic mass is 16.5. The number of ether oxygens (including phenoxy) is 1. The van der Waals surface area contributed by atoms with Crippen LogP contribution in [0.25, 0.3) is 11.0 Å². The summed E-state index contributed by atoms with van der Waals surface area (Å²) in [5, 5.41) is 0. The molecule has 1 aliphatic rings. The van der Waals surface area contributed by atoms with Gasteiger partial charge in [0.25, 0.3) is 0 Å². The minimum atomic E-state index is -0.434. The molecule has 0 unspecified atom stereocenters. The SMILES string of the molecule is COC(=O)c1ccc(CN2CCCN(Cc3nc4ccccc4n3C)CC2)o1. The van der Waals surface area contributed by atoms with Crippen LogP contribution in [0.4, 0.5) is 0 Å². The molecule has 3 heterocycles. The number of hydrogen-bond donors (Lipinski definition) is 0. The molecule has 2 aromatic heterocycles. The van der Waals surface area contributed by atoms with Gasteiger partial charge < -0.3 is 13.7 Å². The maximum absolute atomic E-state index is 11.5. The zero-order valence-corrected chi connectivity index (χ0v) is 16.4. The highest BCUT2D eigenvalue weighted by Crippen LogP contribution is 2.17. The van der Waals surface area contributed by atoms with Gasteiger partial charge >= 0.3 is 5.97 Å². The third-order valence-corrected chi connectivity index (χ3v) is 5.35. The molecule has 1 aromatic carbocycles. The van der Waals surface area contributed by atoms with E-state index in [0.29, 0.717) is 6.54 Å². The third-order valence-electron chi connectivity index (χ3n) is 5.35. The molecule has 1 saturated heterocycles. The third kappa shape index (κ3) is 3.95. The molecule has 148 valence electrons. The van der Waals surface area contributed by atoms with Crippen LogP contribution in [-0.4, -0.2) is 58.6 Å². The van der Waals surface area contributed by atoms with E-state index in [0.717, 1.165) is 56.2 Å². The molecule has 1 aliphatic heterocycles. The first-order valence-electron chi connectivity index (χ1n) is 9.66. The highest BCUT2D eigenvalue weighted by Gasteiger charge is 2.19. The Morgan fingerprint density at radius 3 is 2.57 bits per heavy atom. The molecule has 0 bridgehead atoms. The van der Waals surface area contributed by atoms with Gasteiger partial charge in [-0.1, -0.05) is 12.1 Å². The van der Waals surface area contributed by atoms with Crippen molar-refractivity contribution in [2.75, 3.05) is 33.3 Å². The zero-order valence-electron chi connectivity index (χ0n) is 16.4. The molecule has 0 amide bonds. The lowest BCUT2D eigenvalue weighted by molar-refractivity contribution is 0.0561. The first-order chi connectivity index (χ1) is 13.6. The Labute approximate surface area is 164 Å². The molecule has 1 fully saturated rings. The molecule has 0 aliphatic carbocycles. The van der Waals surface area contributed by atoms with Crippen LogP contribution in [0.5, 0.6) is 0 Å². The Bertz CT molecular complexity index is 962. The van der Waals surface area contributed by atoms with Gasteiger partial charge in [-0.3, -0.25) is 9.80 Å². The Hall–Kier alpha value is -2.64. The summed E-state index contributed by atoms with van der Waals surface area (Å²) in [5.41, 5.74) is 2.23. The van der Waals surface area contributed by atoms with E-state index in [1.807, 2.05) is 12.1 Å². The number of imidazole rings is 1. The first-order valence-corrected chi connectivity index (χ1v) is 9.66. The topological polar surface area (TPSA) is 63.7 Å². The van der Waals surface area contributed by atoms with Gasteiger partial charge in [-0.25, -0.2) is 9.78 Å². The average molecular weight is 382 g/mol. The normalized spacial score (nSPS) is 16.4. The van der Waals surface area contributed by atoms with E-state index in [-0.39, 0.29) is 5.76 Å². The number of rotatable bonds is 5. The Balaban J connectivity index is 1.36. The molecule has 0 saturated carbocycles. The molecule has 0 radical (unpaired) electrons. The Kier molecular flexibility index (Phi) is 5.45. The van der Waals surface area contributed by atoms with Gasteiger partial charge in [-0.15, -0.1) is 0 Å². The number of methoxy groups -OCH3 is 1. The van der Waals surface area contributed by atoms with Gasteiger partial charge in [0.2, 0.25) is 5.76 Å². The fourth-order valence-corrected chi connectivity index (χ4v) is 3.77. The molecule has 7 nitrogen and oxygen atoms in total. The van der Waals surface area contributed by atoms with Crippen LogP contribution in [0, 0.1) is 0 Å². The minimum absolute atomic E-state index is 0.260. The van der Waals surface area contributed by atoms with Crippen LogP contribution < -0.4 is 0 Å². The number of esters is 1. The molecule has 7 heteroatoms. The number of carbonyl (C=O) groups excluding carboxylic acids is 1. The molecule has 4 rings (SSSR count). The number of hydrogen-bond acceptors (Lipinski definition) is 6. The van der Waals surface area contributed by atoms with E-state index in [1.54, 1.807) is 6.07 Å². The largest absolute Gasteiger partial charge is 0.463 e. The number of aryl methyl sites for hydroxylation is 1. The lowest BCUT2D eigenvalue weighted by Crippen LogP contribution is -2.30. The fourth-order valence-electron chi connectivity index (χ4n) is 3.77. The molecule has 3 aromatic rings. The summed E-state index contributed by atoms with van der Waals surface area (Å²) in [6.07, 6.45) is 1.09. The van der Waals surface area contributed by atoms with Gasteiger partial charge in [0, 0.05) is 20.1 Å². The lowest BCUT2D eigenvalue weighted by atomic mass is 10.3. The van der Waals surface area contributed by atoms with E-state index >= 15 is 0 Å². The second kappa shape index (κ2) is 8.16. The van der Waals surface area contributed by atoms with Crippen molar-refractivity contribution >= 4 is 17.0 Å².